The number of amides is 1. The van der Waals surface area contributed by atoms with Crippen molar-refractivity contribution in [2.45, 2.75) is 13.3 Å². The van der Waals surface area contributed by atoms with E-state index in [0.29, 0.717) is 17.6 Å². The molecule has 0 aliphatic rings. The van der Waals surface area contributed by atoms with E-state index in [1.165, 1.54) is 23.4 Å². The lowest BCUT2D eigenvalue weighted by molar-refractivity contribution is 0.0723. The maximum absolute atomic E-state index is 13.5. The monoisotopic (exact) mass is 265 g/mol. The van der Waals surface area contributed by atoms with Gasteiger partial charge in [-0.2, -0.15) is 0 Å². The number of benzene rings is 1. The number of H-pyrrole nitrogens is 1. The zero-order valence-corrected chi connectivity index (χ0v) is 10.7. The highest BCUT2D eigenvalue weighted by atomic mass is 19.1. The van der Waals surface area contributed by atoms with Crippen LogP contribution in [0, 0.1) is 5.82 Å². The molecule has 0 aliphatic heterocycles. The number of fused-ring (bicyclic) bond motifs is 1. The first-order valence-electron chi connectivity index (χ1n) is 6.20. The van der Waals surface area contributed by atoms with Crippen molar-refractivity contribution in [1.29, 1.82) is 0 Å². The highest BCUT2D eigenvalue weighted by Gasteiger charge is 2.19. The van der Waals surface area contributed by atoms with Crippen molar-refractivity contribution in [2.24, 2.45) is 0 Å². The number of carbonyl (C=O) groups excluding carboxylic acids is 1. The Labute approximate surface area is 110 Å². The molecule has 1 aromatic heterocycles. The molecule has 0 spiro atoms. The Morgan fingerprint density at radius 2 is 2.26 bits per heavy atom. The minimum atomic E-state index is -0.486. The van der Waals surface area contributed by atoms with Gasteiger partial charge in [-0.25, -0.2) is 9.37 Å². The van der Waals surface area contributed by atoms with E-state index in [1.54, 1.807) is 0 Å². The van der Waals surface area contributed by atoms with Crippen molar-refractivity contribution in [3.05, 3.63) is 29.8 Å². The second kappa shape index (κ2) is 5.79. The Hall–Kier alpha value is -1.95. The van der Waals surface area contributed by atoms with Crippen molar-refractivity contribution < 1.29 is 14.3 Å². The molecule has 19 heavy (non-hydrogen) atoms. The van der Waals surface area contributed by atoms with Crippen LogP contribution in [0.2, 0.25) is 0 Å². The van der Waals surface area contributed by atoms with Gasteiger partial charge in [0.15, 0.2) is 0 Å². The van der Waals surface area contributed by atoms with Crippen LogP contribution in [0.3, 0.4) is 0 Å². The summed E-state index contributed by atoms with van der Waals surface area (Å²) in [5, 5.41) is 9.00. The summed E-state index contributed by atoms with van der Waals surface area (Å²) in [5.41, 5.74) is 1.16. The smallest absolute Gasteiger partial charge is 0.256 e. The summed E-state index contributed by atoms with van der Waals surface area (Å²) in [6.45, 7) is 2.56. The molecule has 0 atom stereocenters. The zero-order chi connectivity index (χ0) is 13.8. The fraction of sp³-hybridized carbons (Fsp3) is 0.385. The second-order valence-electron chi connectivity index (χ2n) is 4.27. The number of halogens is 1. The van der Waals surface area contributed by atoms with Crippen molar-refractivity contribution in [3.8, 4) is 0 Å². The SMILES string of the molecule is CCCN(CCO)C(=O)c1cc(F)cc2[nH]cnc12. The second-order valence-corrected chi connectivity index (χ2v) is 4.27. The van der Waals surface area contributed by atoms with Gasteiger partial charge in [0.05, 0.1) is 24.0 Å². The average molecular weight is 265 g/mol. The number of hydrogen-bond donors (Lipinski definition) is 2. The van der Waals surface area contributed by atoms with Gasteiger partial charge in [-0.05, 0) is 18.6 Å². The molecule has 102 valence electrons. The van der Waals surface area contributed by atoms with Crippen molar-refractivity contribution >= 4 is 16.9 Å². The van der Waals surface area contributed by atoms with E-state index in [0.717, 1.165) is 6.42 Å². The van der Waals surface area contributed by atoms with Gasteiger partial charge in [-0.3, -0.25) is 4.79 Å². The van der Waals surface area contributed by atoms with Crippen LogP contribution >= 0.6 is 0 Å². The number of aromatic nitrogens is 2. The van der Waals surface area contributed by atoms with Gasteiger partial charge in [0.1, 0.15) is 11.3 Å². The summed E-state index contributed by atoms with van der Waals surface area (Å²) in [6.07, 6.45) is 2.20. The molecule has 2 N–H and O–H groups in total. The third-order valence-electron chi connectivity index (χ3n) is 2.87. The third kappa shape index (κ3) is 2.73. The van der Waals surface area contributed by atoms with Gasteiger partial charge in [0.2, 0.25) is 0 Å². The van der Waals surface area contributed by atoms with Gasteiger partial charge in [-0.15, -0.1) is 0 Å². The van der Waals surface area contributed by atoms with Crippen LogP contribution < -0.4 is 0 Å². The molecular formula is C13H16FN3O2. The molecule has 0 saturated carbocycles. The molecule has 0 unspecified atom stereocenters. The molecule has 0 aliphatic carbocycles. The number of nitrogens with one attached hydrogen (secondary N) is 1. The van der Waals surface area contributed by atoms with Gasteiger partial charge >= 0.3 is 0 Å². The number of aliphatic hydroxyl groups excluding tert-OH is 1. The topological polar surface area (TPSA) is 69.2 Å². The lowest BCUT2D eigenvalue weighted by Crippen LogP contribution is -2.34. The molecule has 2 aromatic rings. The minimum absolute atomic E-state index is 0.120. The van der Waals surface area contributed by atoms with E-state index in [9.17, 15) is 9.18 Å². The van der Waals surface area contributed by atoms with Crippen LogP contribution in [0.15, 0.2) is 18.5 Å². The zero-order valence-electron chi connectivity index (χ0n) is 10.7. The molecule has 6 heteroatoms. The van der Waals surface area contributed by atoms with E-state index in [4.69, 9.17) is 5.11 Å². The number of hydrogen-bond acceptors (Lipinski definition) is 3. The maximum Gasteiger partial charge on any atom is 0.256 e. The molecule has 2 rings (SSSR count). The van der Waals surface area contributed by atoms with Gasteiger partial charge in [-0.1, -0.05) is 6.92 Å². The maximum atomic E-state index is 13.5. The van der Waals surface area contributed by atoms with Crippen LogP contribution in [0.5, 0.6) is 0 Å². The number of aliphatic hydroxyl groups is 1. The number of rotatable bonds is 5. The number of imidazole rings is 1. The van der Waals surface area contributed by atoms with Crippen molar-refractivity contribution in [2.75, 3.05) is 19.7 Å². The number of carbonyl (C=O) groups is 1. The lowest BCUT2D eigenvalue weighted by atomic mass is 10.1. The molecule has 1 heterocycles. The molecule has 1 amide bonds. The van der Waals surface area contributed by atoms with Crippen LogP contribution in [0.4, 0.5) is 4.39 Å². The highest BCUT2D eigenvalue weighted by Crippen LogP contribution is 2.19. The van der Waals surface area contributed by atoms with E-state index >= 15 is 0 Å². The van der Waals surface area contributed by atoms with E-state index in [2.05, 4.69) is 9.97 Å². The summed E-state index contributed by atoms with van der Waals surface area (Å²) < 4.78 is 13.5. The number of aromatic amines is 1. The first-order valence-corrected chi connectivity index (χ1v) is 6.20. The van der Waals surface area contributed by atoms with Crippen LogP contribution in [0.25, 0.3) is 11.0 Å². The van der Waals surface area contributed by atoms with Gasteiger partial charge in [0.25, 0.3) is 5.91 Å². The first-order chi connectivity index (χ1) is 9.17. The summed E-state index contributed by atoms with van der Waals surface area (Å²) in [4.78, 5) is 20.7. The fourth-order valence-electron chi connectivity index (χ4n) is 2.05. The molecule has 0 fully saturated rings. The molecular weight excluding hydrogens is 249 g/mol. The van der Waals surface area contributed by atoms with Gasteiger partial charge in [0, 0.05) is 13.1 Å². The number of nitrogens with zero attached hydrogens (tertiary/aromatic N) is 2. The third-order valence-corrected chi connectivity index (χ3v) is 2.87. The average Bonchev–Trinajstić information content (AvgIpc) is 2.84. The first kappa shape index (κ1) is 13.5. The normalized spacial score (nSPS) is 10.9. The Morgan fingerprint density at radius 3 is 2.95 bits per heavy atom. The standard InChI is InChI=1S/C13H16FN3O2/c1-2-3-17(4-5-18)13(19)10-6-9(14)7-11-12(10)16-8-15-11/h6-8,18H,2-5H2,1H3,(H,15,16). The van der Waals surface area contributed by atoms with E-state index in [1.807, 2.05) is 6.92 Å². The Bertz CT molecular complexity index is 576. The predicted molar refractivity (Wildman–Crippen MR) is 69.3 cm³/mol. The van der Waals surface area contributed by atoms with Crippen LogP contribution in [0.1, 0.15) is 23.7 Å². The highest BCUT2D eigenvalue weighted by molar-refractivity contribution is 6.04. The molecule has 0 saturated heterocycles. The predicted octanol–water partition coefficient (Wildman–Crippen LogP) is 1.55. The molecule has 1 aromatic carbocycles. The Balaban J connectivity index is 2.41. The van der Waals surface area contributed by atoms with E-state index < -0.39 is 5.82 Å². The fourth-order valence-corrected chi connectivity index (χ4v) is 2.05. The minimum Gasteiger partial charge on any atom is -0.395 e. The van der Waals surface area contributed by atoms with Crippen LogP contribution in [-0.4, -0.2) is 45.6 Å². The summed E-state index contributed by atoms with van der Waals surface area (Å²) in [7, 11) is 0. The van der Waals surface area contributed by atoms with Crippen molar-refractivity contribution in [1.82, 2.24) is 14.9 Å². The Morgan fingerprint density at radius 1 is 1.47 bits per heavy atom. The molecule has 5 nitrogen and oxygen atoms in total. The van der Waals surface area contributed by atoms with Crippen LogP contribution in [-0.2, 0) is 0 Å². The summed E-state index contributed by atoms with van der Waals surface area (Å²) in [6, 6.07) is 2.49. The Kier molecular flexibility index (Phi) is 4.11. The largest absolute Gasteiger partial charge is 0.395 e. The van der Waals surface area contributed by atoms with Crippen molar-refractivity contribution in [3.63, 3.8) is 0 Å². The lowest BCUT2D eigenvalue weighted by Gasteiger charge is -2.21. The van der Waals surface area contributed by atoms with E-state index in [-0.39, 0.29) is 24.6 Å². The molecule has 0 bridgehead atoms. The summed E-state index contributed by atoms with van der Waals surface area (Å²) >= 11 is 0. The summed E-state index contributed by atoms with van der Waals surface area (Å²) in [5.74, 6) is -0.798. The van der Waals surface area contributed by atoms with Gasteiger partial charge < -0.3 is 15.0 Å². The quantitative estimate of drug-likeness (QED) is 0.861. The molecule has 0 radical (unpaired) electrons.